The second-order valence-corrected chi connectivity index (χ2v) is 5.71. The summed E-state index contributed by atoms with van der Waals surface area (Å²) in [6.07, 6.45) is 1.19. The SMILES string of the molecule is Nc1nc([C@@H]2CCN(Cc3ccccc3)C2)cs1. The molecule has 0 aliphatic carbocycles. The van der Waals surface area contributed by atoms with Crippen molar-refractivity contribution in [3.05, 3.63) is 47.0 Å². The summed E-state index contributed by atoms with van der Waals surface area (Å²) >= 11 is 1.54. The second kappa shape index (κ2) is 5.08. The summed E-state index contributed by atoms with van der Waals surface area (Å²) in [5.41, 5.74) is 8.26. The number of rotatable bonds is 3. The maximum atomic E-state index is 5.70. The van der Waals surface area contributed by atoms with Crippen LogP contribution in [0.5, 0.6) is 0 Å². The zero-order valence-electron chi connectivity index (χ0n) is 10.2. The third-order valence-electron chi connectivity index (χ3n) is 3.48. The summed E-state index contributed by atoms with van der Waals surface area (Å²) in [6, 6.07) is 10.6. The Morgan fingerprint density at radius 1 is 1.33 bits per heavy atom. The molecule has 1 fully saturated rings. The highest BCUT2D eigenvalue weighted by molar-refractivity contribution is 7.13. The minimum Gasteiger partial charge on any atom is -0.375 e. The molecular formula is C14H17N3S. The molecule has 1 aromatic heterocycles. The number of nitrogens with zero attached hydrogens (tertiary/aromatic N) is 2. The molecule has 4 heteroatoms. The van der Waals surface area contributed by atoms with Crippen molar-refractivity contribution in [2.75, 3.05) is 18.8 Å². The fourth-order valence-corrected chi connectivity index (χ4v) is 3.19. The number of benzene rings is 1. The quantitative estimate of drug-likeness (QED) is 0.921. The maximum absolute atomic E-state index is 5.70. The van der Waals surface area contributed by atoms with Crippen LogP contribution in [-0.2, 0) is 6.54 Å². The summed E-state index contributed by atoms with van der Waals surface area (Å²) in [7, 11) is 0. The van der Waals surface area contributed by atoms with E-state index in [0.717, 1.165) is 19.6 Å². The molecule has 0 radical (unpaired) electrons. The Kier molecular flexibility index (Phi) is 3.30. The normalized spacial score (nSPS) is 20.3. The number of nitrogens with two attached hydrogens (primary N) is 1. The lowest BCUT2D eigenvalue weighted by molar-refractivity contribution is 0.326. The molecule has 0 amide bonds. The summed E-state index contributed by atoms with van der Waals surface area (Å²) in [5.74, 6) is 0.558. The molecule has 1 aliphatic heterocycles. The highest BCUT2D eigenvalue weighted by Gasteiger charge is 2.25. The van der Waals surface area contributed by atoms with E-state index in [1.165, 1.54) is 17.7 Å². The number of thiazole rings is 1. The van der Waals surface area contributed by atoms with Crippen molar-refractivity contribution in [1.29, 1.82) is 0 Å². The van der Waals surface area contributed by atoms with Gasteiger partial charge in [0.05, 0.1) is 5.69 Å². The van der Waals surface area contributed by atoms with Gasteiger partial charge >= 0.3 is 0 Å². The first-order valence-corrected chi connectivity index (χ1v) is 7.16. The molecular weight excluding hydrogens is 242 g/mol. The van der Waals surface area contributed by atoms with Crippen molar-refractivity contribution < 1.29 is 0 Å². The van der Waals surface area contributed by atoms with E-state index in [4.69, 9.17) is 5.73 Å². The zero-order valence-corrected chi connectivity index (χ0v) is 11.1. The lowest BCUT2D eigenvalue weighted by Crippen LogP contribution is -2.19. The van der Waals surface area contributed by atoms with Gasteiger partial charge in [0, 0.05) is 24.4 Å². The topological polar surface area (TPSA) is 42.1 Å². The van der Waals surface area contributed by atoms with Crippen molar-refractivity contribution >= 4 is 16.5 Å². The Labute approximate surface area is 111 Å². The summed E-state index contributed by atoms with van der Waals surface area (Å²) in [4.78, 5) is 6.90. The van der Waals surface area contributed by atoms with Crippen molar-refractivity contribution in [3.8, 4) is 0 Å². The van der Waals surface area contributed by atoms with Crippen LogP contribution in [-0.4, -0.2) is 23.0 Å². The van der Waals surface area contributed by atoms with Gasteiger partial charge in [-0.25, -0.2) is 4.98 Å². The minimum atomic E-state index is 0.558. The third-order valence-corrected chi connectivity index (χ3v) is 4.17. The van der Waals surface area contributed by atoms with Crippen molar-refractivity contribution in [1.82, 2.24) is 9.88 Å². The van der Waals surface area contributed by atoms with Gasteiger partial charge in [0.1, 0.15) is 0 Å². The number of aromatic nitrogens is 1. The van der Waals surface area contributed by atoms with Gasteiger partial charge < -0.3 is 5.73 Å². The van der Waals surface area contributed by atoms with E-state index in [-0.39, 0.29) is 0 Å². The van der Waals surface area contributed by atoms with Crippen LogP contribution in [0.25, 0.3) is 0 Å². The fraction of sp³-hybridized carbons (Fsp3) is 0.357. The van der Waals surface area contributed by atoms with Gasteiger partial charge in [0.25, 0.3) is 0 Å². The van der Waals surface area contributed by atoms with Crippen molar-refractivity contribution in [2.45, 2.75) is 18.9 Å². The van der Waals surface area contributed by atoms with E-state index in [1.54, 1.807) is 11.3 Å². The Morgan fingerprint density at radius 2 is 2.17 bits per heavy atom. The van der Waals surface area contributed by atoms with Gasteiger partial charge in [0.15, 0.2) is 5.13 Å². The van der Waals surface area contributed by atoms with Crippen LogP contribution in [0.4, 0.5) is 5.13 Å². The average molecular weight is 259 g/mol. The first-order chi connectivity index (χ1) is 8.81. The highest BCUT2D eigenvalue weighted by atomic mass is 32.1. The molecule has 1 saturated heterocycles. The third kappa shape index (κ3) is 2.54. The molecule has 1 aromatic carbocycles. The molecule has 2 heterocycles. The number of likely N-dealkylation sites (tertiary alicyclic amines) is 1. The largest absolute Gasteiger partial charge is 0.375 e. The van der Waals surface area contributed by atoms with Crippen molar-refractivity contribution in [3.63, 3.8) is 0 Å². The predicted molar refractivity (Wildman–Crippen MR) is 75.6 cm³/mol. The van der Waals surface area contributed by atoms with Crippen LogP contribution in [0.1, 0.15) is 23.6 Å². The Bertz CT molecular complexity index is 509. The molecule has 1 atom stereocenters. The van der Waals surface area contributed by atoms with Gasteiger partial charge in [-0.05, 0) is 18.5 Å². The zero-order chi connectivity index (χ0) is 12.4. The molecule has 3 rings (SSSR count). The van der Waals surface area contributed by atoms with Crippen LogP contribution >= 0.6 is 11.3 Å². The lowest BCUT2D eigenvalue weighted by Gasteiger charge is -2.15. The summed E-state index contributed by atoms with van der Waals surface area (Å²) < 4.78 is 0. The number of hydrogen-bond acceptors (Lipinski definition) is 4. The highest BCUT2D eigenvalue weighted by Crippen LogP contribution is 2.29. The molecule has 2 aromatic rings. The van der Waals surface area contributed by atoms with Gasteiger partial charge in [-0.2, -0.15) is 0 Å². The average Bonchev–Trinajstić information content (AvgIpc) is 2.99. The number of hydrogen-bond donors (Lipinski definition) is 1. The monoisotopic (exact) mass is 259 g/mol. The molecule has 3 nitrogen and oxygen atoms in total. The molecule has 0 spiro atoms. The predicted octanol–water partition coefficient (Wildman–Crippen LogP) is 2.71. The van der Waals surface area contributed by atoms with Gasteiger partial charge in [0.2, 0.25) is 0 Å². The molecule has 0 bridgehead atoms. The molecule has 0 saturated carbocycles. The van der Waals surface area contributed by atoms with E-state index in [0.29, 0.717) is 11.0 Å². The van der Waals surface area contributed by atoms with E-state index in [1.807, 2.05) is 0 Å². The van der Waals surface area contributed by atoms with Crippen LogP contribution < -0.4 is 5.73 Å². The number of anilines is 1. The summed E-state index contributed by atoms with van der Waals surface area (Å²) in [5, 5.41) is 2.79. The summed E-state index contributed by atoms with van der Waals surface area (Å²) in [6.45, 7) is 3.28. The first kappa shape index (κ1) is 11.7. The van der Waals surface area contributed by atoms with Gasteiger partial charge in [-0.15, -0.1) is 11.3 Å². The molecule has 1 aliphatic rings. The van der Waals surface area contributed by atoms with E-state index < -0.39 is 0 Å². The maximum Gasteiger partial charge on any atom is 0.180 e. The Morgan fingerprint density at radius 3 is 2.89 bits per heavy atom. The van der Waals surface area contributed by atoms with Gasteiger partial charge in [-0.3, -0.25) is 4.90 Å². The smallest absolute Gasteiger partial charge is 0.180 e. The number of nitrogen functional groups attached to an aromatic ring is 1. The Balaban J connectivity index is 1.62. The fourth-order valence-electron chi connectivity index (χ4n) is 2.55. The van der Waals surface area contributed by atoms with Crippen LogP contribution in [0.2, 0.25) is 0 Å². The molecule has 18 heavy (non-hydrogen) atoms. The standard InChI is InChI=1S/C14H17N3S/c15-14-16-13(10-18-14)12-6-7-17(9-12)8-11-4-2-1-3-5-11/h1-5,10,12H,6-9H2,(H2,15,16)/t12-/m1/s1. The molecule has 2 N–H and O–H groups in total. The second-order valence-electron chi connectivity index (χ2n) is 4.82. The minimum absolute atomic E-state index is 0.558. The first-order valence-electron chi connectivity index (χ1n) is 6.28. The Hall–Kier alpha value is -1.39. The van der Waals surface area contributed by atoms with E-state index in [9.17, 15) is 0 Å². The molecule has 0 unspecified atom stereocenters. The molecule has 94 valence electrons. The van der Waals surface area contributed by atoms with Crippen LogP contribution in [0, 0.1) is 0 Å². The lowest BCUT2D eigenvalue weighted by atomic mass is 10.1. The van der Waals surface area contributed by atoms with Crippen LogP contribution in [0.15, 0.2) is 35.7 Å². The van der Waals surface area contributed by atoms with Crippen molar-refractivity contribution in [2.24, 2.45) is 0 Å². The van der Waals surface area contributed by atoms with Crippen LogP contribution in [0.3, 0.4) is 0 Å². The van der Waals surface area contributed by atoms with E-state index in [2.05, 4.69) is 45.6 Å². The van der Waals surface area contributed by atoms with E-state index >= 15 is 0 Å². The van der Waals surface area contributed by atoms with Gasteiger partial charge in [-0.1, -0.05) is 30.3 Å².